The first-order valence-electron chi connectivity index (χ1n) is 10.4. The fourth-order valence-corrected chi connectivity index (χ4v) is 6.57. The van der Waals surface area contributed by atoms with Crippen molar-refractivity contribution in [2.24, 2.45) is 23.2 Å². The molecule has 0 unspecified atom stereocenters. The van der Waals surface area contributed by atoms with Crippen LogP contribution in [0, 0.1) is 23.2 Å². The molecule has 6 heteroatoms. The van der Waals surface area contributed by atoms with Crippen LogP contribution >= 0.6 is 0 Å². The summed E-state index contributed by atoms with van der Waals surface area (Å²) in [5.41, 5.74) is 2.36. The van der Waals surface area contributed by atoms with Crippen molar-refractivity contribution in [3.63, 3.8) is 0 Å². The third-order valence-electron chi connectivity index (χ3n) is 7.15. The number of carbonyl (C=O) groups excluding carboxylic acids is 1. The van der Waals surface area contributed by atoms with Crippen molar-refractivity contribution in [3.05, 3.63) is 29.3 Å². The lowest BCUT2D eigenvalue weighted by Crippen LogP contribution is -2.42. The van der Waals surface area contributed by atoms with E-state index < -0.39 is 10.4 Å². The highest BCUT2D eigenvalue weighted by Crippen LogP contribution is 2.59. The summed E-state index contributed by atoms with van der Waals surface area (Å²) in [4.78, 5) is 12.4. The first-order valence-corrected chi connectivity index (χ1v) is 11.8. The van der Waals surface area contributed by atoms with Crippen molar-refractivity contribution in [2.45, 2.75) is 65.2 Å². The second kappa shape index (κ2) is 7.13. The molecule has 5 nitrogen and oxygen atoms in total. The molecule has 2 fully saturated rings. The summed E-state index contributed by atoms with van der Waals surface area (Å²) in [6.45, 7) is 6.06. The number of aryl methyl sites for hydroxylation is 1. The van der Waals surface area contributed by atoms with Gasteiger partial charge in [-0.3, -0.25) is 4.79 Å². The Kier molecular flexibility index (Phi) is 5.07. The molecule has 0 saturated heterocycles. The van der Waals surface area contributed by atoms with Gasteiger partial charge in [0, 0.05) is 11.8 Å². The molecule has 4 rings (SSSR count). The fourth-order valence-electron chi connectivity index (χ4n) is 5.74. The molecule has 154 valence electrons. The van der Waals surface area contributed by atoms with E-state index in [9.17, 15) is 13.2 Å². The SMILES string of the molecule is CC(C)COS(=O)(=O)Oc1ccc2c(c1)CC[C@@H]1[C@@H]2CC[C@]2(C)C(=O)CC[C@@H]12. The van der Waals surface area contributed by atoms with Gasteiger partial charge in [0.05, 0.1) is 6.61 Å². The molecule has 4 atom stereocenters. The summed E-state index contributed by atoms with van der Waals surface area (Å²) in [5, 5.41) is 0. The molecule has 0 spiro atoms. The quantitative estimate of drug-likeness (QED) is 0.724. The van der Waals surface area contributed by atoms with Gasteiger partial charge in [-0.2, -0.15) is 8.42 Å². The zero-order valence-electron chi connectivity index (χ0n) is 16.9. The van der Waals surface area contributed by atoms with E-state index in [1.807, 2.05) is 26.0 Å². The van der Waals surface area contributed by atoms with Crippen LogP contribution in [0.1, 0.15) is 69.9 Å². The normalized spacial score (nSPS) is 32.0. The molecule has 28 heavy (non-hydrogen) atoms. The largest absolute Gasteiger partial charge is 0.449 e. The summed E-state index contributed by atoms with van der Waals surface area (Å²) in [6.07, 6.45) is 5.72. The Morgan fingerprint density at radius 1 is 1.18 bits per heavy atom. The maximum absolute atomic E-state index is 12.4. The minimum absolute atomic E-state index is 0.107. The van der Waals surface area contributed by atoms with Gasteiger partial charge in [-0.1, -0.05) is 26.8 Å². The van der Waals surface area contributed by atoms with Crippen molar-refractivity contribution in [2.75, 3.05) is 6.61 Å². The van der Waals surface area contributed by atoms with Gasteiger partial charge in [0.25, 0.3) is 0 Å². The van der Waals surface area contributed by atoms with Crippen LogP contribution in [-0.2, 0) is 25.8 Å². The molecule has 3 aliphatic rings. The van der Waals surface area contributed by atoms with Gasteiger partial charge < -0.3 is 4.18 Å². The van der Waals surface area contributed by atoms with Crippen molar-refractivity contribution < 1.29 is 21.6 Å². The van der Waals surface area contributed by atoms with E-state index >= 15 is 0 Å². The Bertz CT molecular complexity index is 875. The highest BCUT2D eigenvalue weighted by molar-refractivity contribution is 7.82. The third kappa shape index (κ3) is 3.50. The molecule has 0 aromatic heterocycles. The number of benzene rings is 1. The van der Waals surface area contributed by atoms with Gasteiger partial charge in [-0.25, -0.2) is 4.18 Å². The Labute approximate surface area is 168 Å². The summed E-state index contributed by atoms with van der Waals surface area (Å²) in [6, 6.07) is 5.62. The predicted molar refractivity (Wildman–Crippen MR) is 106 cm³/mol. The molecule has 3 aliphatic carbocycles. The lowest BCUT2D eigenvalue weighted by molar-refractivity contribution is -0.129. The molecule has 0 bridgehead atoms. The second-order valence-corrected chi connectivity index (χ2v) is 10.6. The number of fused-ring (bicyclic) bond motifs is 5. The lowest BCUT2D eigenvalue weighted by atomic mass is 9.55. The summed E-state index contributed by atoms with van der Waals surface area (Å²) < 4.78 is 34.1. The van der Waals surface area contributed by atoms with E-state index in [1.165, 1.54) is 11.1 Å². The third-order valence-corrected chi connectivity index (χ3v) is 7.97. The number of hydrogen-bond acceptors (Lipinski definition) is 5. The smallest absolute Gasteiger partial charge is 0.362 e. The highest BCUT2D eigenvalue weighted by Gasteiger charge is 2.54. The van der Waals surface area contributed by atoms with E-state index in [-0.39, 0.29) is 17.9 Å². The molecule has 0 N–H and O–H groups in total. The van der Waals surface area contributed by atoms with Crippen LogP contribution in [0.25, 0.3) is 0 Å². The van der Waals surface area contributed by atoms with Crippen LogP contribution in [0.5, 0.6) is 5.75 Å². The Balaban J connectivity index is 1.53. The molecule has 0 radical (unpaired) electrons. The molecular formula is C22H30O5S. The summed E-state index contributed by atoms with van der Waals surface area (Å²) in [5.74, 6) is 2.40. The number of hydrogen-bond donors (Lipinski definition) is 0. The average Bonchev–Trinajstić information content (AvgIpc) is 2.94. The standard InChI is InChI=1S/C22H30O5S/c1-14(2)13-26-28(24,25)27-16-5-7-17-15(12-16)4-6-19-18(17)10-11-22(3)20(19)8-9-21(22)23/h5,7,12,14,18-20H,4,6,8-11,13H2,1-3H3/t18-,19-,20+,22+/m1/s1. The van der Waals surface area contributed by atoms with Crippen molar-refractivity contribution >= 4 is 16.2 Å². The maximum Gasteiger partial charge on any atom is 0.449 e. The van der Waals surface area contributed by atoms with Gasteiger partial charge in [-0.05, 0) is 79.0 Å². The highest BCUT2D eigenvalue weighted by atomic mass is 32.3. The van der Waals surface area contributed by atoms with E-state index in [0.29, 0.717) is 29.3 Å². The zero-order chi connectivity index (χ0) is 20.1. The van der Waals surface area contributed by atoms with Crippen molar-refractivity contribution in [3.8, 4) is 5.75 Å². The molecule has 1 aromatic carbocycles. The van der Waals surface area contributed by atoms with E-state index in [0.717, 1.165) is 38.5 Å². The Morgan fingerprint density at radius 2 is 1.96 bits per heavy atom. The molecule has 0 amide bonds. The molecule has 1 aromatic rings. The fraction of sp³-hybridized carbons (Fsp3) is 0.682. The number of ketones is 1. The minimum Gasteiger partial charge on any atom is -0.362 e. The van der Waals surface area contributed by atoms with Crippen LogP contribution in [0.2, 0.25) is 0 Å². The summed E-state index contributed by atoms with van der Waals surface area (Å²) >= 11 is 0. The number of Topliss-reactive ketones (excluding diaryl/α,β-unsaturated/α-hetero) is 1. The van der Waals surface area contributed by atoms with Crippen LogP contribution in [-0.4, -0.2) is 20.8 Å². The van der Waals surface area contributed by atoms with E-state index in [4.69, 9.17) is 8.37 Å². The van der Waals surface area contributed by atoms with Crippen molar-refractivity contribution in [1.82, 2.24) is 0 Å². The molecule has 0 heterocycles. The minimum atomic E-state index is -4.04. The number of rotatable bonds is 5. The first-order chi connectivity index (χ1) is 13.2. The predicted octanol–water partition coefficient (Wildman–Crippen LogP) is 4.41. The average molecular weight is 407 g/mol. The summed E-state index contributed by atoms with van der Waals surface area (Å²) in [7, 11) is -4.04. The number of carbonyl (C=O) groups is 1. The van der Waals surface area contributed by atoms with Gasteiger partial charge in [0.15, 0.2) is 0 Å². The Morgan fingerprint density at radius 3 is 2.71 bits per heavy atom. The molecule has 2 saturated carbocycles. The maximum atomic E-state index is 12.4. The van der Waals surface area contributed by atoms with Gasteiger partial charge in [0.2, 0.25) is 0 Å². The van der Waals surface area contributed by atoms with Crippen LogP contribution < -0.4 is 4.18 Å². The second-order valence-electron chi connectivity index (χ2n) is 9.36. The monoisotopic (exact) mass is 406 g/mol. The van der Waals surface area contributed by atoms with E-state index in [1.54, 1.807) is 6.07 Å². The Hall–Kier alpha value is -1.40. The van der Waals surface area contributed by atoms with Gasteiger partial charge in [0.1, 0.15) is 11.5 Å². The first kappa shape index (κ1) is 19.9. The van der Waals surface area contributed by atoms with Gasteiger partial charge >= 0.3 is 10.4 Å². The van der Waals surface area contributed by atoms with Crippen molar-refractivity contribution in [1.29, 1.82) is 0 Å². The molecule has 0 aliphatic heterocycles. The topological polar surface area (TPSA) is 69.7 Å². The molecular weight excluding hydrogens is 376 g/mol. The lowest BCUT2D eigenvalue weighted by Gasteiger charge is -2.48. The van der Waals surface area contributed by atoms with Crippen LogP contribution in [0.4, 0.5) is 0 Å². The van der Waals surface area contributed by atoms with Crippen LogP contribution in [0.3, 0.4) is 0 Å². The van der Waals surface area contributed by atoms with Gasteiger partial charge in [-0.15, -0.1) is 0 Å². The van der Waals surface area contributed by atoms with Crippen LogP contribution in [0.15, 0.2) is 18.2 Å². The van der Waals surface area contributed by atoms with E-state index in [2.05, 4.69) is 6.92 Å². The zero-order valence-corrected chi connectivity index (χ0v) is 17.8.